The van der Waals surface area contributed by atoms with E-state index in [0.717, 1.165) is 33.7 Å². The molecule has 1 heterocycles. The molecule has 51 heavy (non-hydrogen) atoms. The van der Waals surface area contributed by atoms with Crippen molar-refractivity contribution in [3.05, 3.63) is 203 Å². The molecule has 2 N–H and O–H groups in total. The van der Waals surface area contributed by atoms with Gasteiger partial charge in [-0.05, 0) is 102 Å². The first-order valence-electron chi connectivity index (χ1n) is 17.8. The number of nitrogens with two attached hydrogens (primary N) is 1. The standard InChI is InChI=1S/C49H36N2/c1-48(2)45-23-9-10-24-46(45)51-47(48)40(30-50)35-16-12-15-33(28-35)31-13-11-14-32(27-31)34-25-26-44-39(29-34)38-19-5-8-22-43(38)49(44)41-20-6-3-17-36(41)37-18-4-7-21-42(37)49/h3-30H,50H2,1-2H3. The Bertz CT molecular complexity index is 2590. The second-order valence-corrected chi connectivity index (χ2v) is 14.5. The lowest BCUT2D eigenvalue weighted by Crippen LogP contribution is -2.27. The number of hydrogen-bond donors (Lipinski definition) is 1. The topological polar surface area (TPSA) is 38.4 Å². The molecule has 2 aliphatic carbocycles. The maximum Gasteiger partial charge on any atom is 0.0725 e. The minimum Gasteiger partial charge on any atom is -0.404 e. The Kier molecular flexibility index (Phi) is 6.32. The summed E-state index contributed by atoms with van der Waals surface area (Å²) in [6.45, 7) is 4.46. The number of allylic oxidation sites excluding steroid dienone is 1. The van der Waals surface area contributed by atoms with E-state index < -0.39 is 0 Å². The van der Waals surface area contributed by atoms with Crippen molar-refractivity contribution in [2.45, 2.75) is 24.7 Å². The zero-order valence-electron chi connectivity index (χ0n) is 28.7. The van der Waals surface area contributed by atoms with E-state index in [0.29, 0.717) is 0 Å². The van der Waals surface area contributed by atoms with Crippen LogP contribution < -0.4 is 5.73 Å². The van der Waals surface area contributed by atoms with Crippen LogP contribution in [0, 0.1) is 0 Å². The Balaban J connectivity index is 1.06. The highest BCUT2D eigenvalue weighted by molar-refractivity contribution is 6.30. The summed E-state index contributed by atoms with van der Waals surface area (Å²) in [6, 6.07) is 60.1. The Hall–Kier alpha value is -6.25. The quantitative estimate of drug-likeness (QED) is 0.202. The molecule has 7 aromatic carbocycles. The van der Waals surface area contributed by atoms with Gasteiger partial charge in [0.05, 0.1) is 16.8 Å². The molecule has 3 aliphatic rings. The second-order valence-electron chi connectivity index (χ2n) is 14.5. The summed E-state index contributed by atoms with van der Waals surface area (Å²) in [7, 11) is 0. The van der Waals surface area contributed by atoms with Gasteiger partial charge in [-0.2, -0.15) is 0 Å². The van der Waals surface area contributed by atoms with E-state index in [2.05, 4.69) is 172 Å². The van der Waals surface area contributed by atoms with Crippen LogP contribution in [0.2, 0.25) is 0 Å². The molecule has 242 valence electrons. The summed E-state index contributed by atoms with van der Waals surface area (Å²) in [6.07, 6.45) is 1.72. The van der Waals surface area contributed by atoms with Crippen molar-refractivity contribution >= 4 is 17.0 Å². The molecule has 0 saturated heterocycles. The molecular weight excluding hydrogens is 617 g/mol. The average Bonchev–Trinajstić information content (AvgIpc) is 3.76. The van der Waals surface area contributed by atoms with Crippen molar-refractivity contribution in [1.29, 1.82) is 0 Å². The highest BCUT2D eigenvalue weighted by Gasteiger charge is 2.51. The number of fused-ring (bicyclic) bond motifs is 11. The second kappa shape index (κ2) is 10.9. The fourth-order valence-electron chi connectivity index (χ4n) is 9.22. The lowest BCUT2D eigenvalue weighted by atomic mass is 9.70. The molecule has 2 nitrogen and oxygen atoms in total. The third-order valence-electron chi connectivity index (χ3n) is 11.5. The van der Waals surface area contributed by atoms with Gasteiger partial charge in [-0.1, -0.05) is 153 Å². The predicted molar refractivity (Wildman–Crippen MR) is 212 cm³/mol. The molecule has 10 rings (SSSR count). The predicted octanol–water partition coefficient (Wildman–Crippen LogP) is 11.7. The van der Waals surface area contributed by atoms with E-state index in [9.17, 15) is 0 Å². The molecular formula is C49H36N2. The Labute approximate surface area is 299 Å². The van der Waals surface area contributed by atoms with Gasteiger partial charge >= 0.3 is 0 Å². The summed E-state index contributed by atoms with van der Waals surface area (Å²) in [5, 5.41) is 0. The number of benzene rings is 7. The molecule has 0 saturated carbocycles. The summed E-state index contributed by atoms with van der Waals surface area (Å²) in [5.74, 6) is 0. The van der Waals surface area contributed by atoms with Crippen LogP contribution in [0.1, 0.15) is 47.2 Å². The van der Waals surface area contributed by atoms with Gasteiger partial charge in [0.2, 0.25) is 0 Å². The minimum absolute atomic E-state index is 0.245. The van der Waals surface area contributed by atoms with Gasteiger partial charge in [0, 0.05) is 17.2 Å². The number of rotatable bonds is 4. The number of para-hydroxylation sites is 1. The van der Waals surface area contributed by atoms with Crippen LogP contribution in [0.4, 0.5) is 5.69 Å². The number of aliphatic imine (C=N–C) groups is 1. The molecule has 0 amide bonds. The van der Waals surface area contributed by atoms with Crippen molar-refractivity contribution in [1.82, 2.24) is 0 Å². The van der Waals surface area contributed by atoms with Crippen LogP contribution in [-0.2, 0) is 10.8 Å². The largest absolute Gasteiger partial charge is 0.404 e. The smallest absolute Gasteiger partial charge is 0.0725 e. The number of hydrogen-bond acceptors (Lipinski definition) is 2. The van der Waals surface area contributed by atoms with Gasteiger partial charge in [0.15, 0.2) is 0 Å². The van der Waals surface area contributed by atoms with E-state index in [1.165, 1.54) is 61.2 Å². The summed E-state index contributed by atoms with van der Waals surface area (Å²) >= 11 is 0. The normalized spacial score (nSPS) is 15.5. The van der Waals surface area contributed by atoms with E-state index in [-0.39, 0.29) is 10.8 Å². The molecule has 1 spiro atoms. The van der Waals surface area contributed by atoms with E-state index in [1.807, 2.05) is 6.07 Å². The van der Waals surface area contributed by atoms with Gasteiger partial charge < -0.3 is 5.73 Å². The fraction of sp³-hybridized carbons (Fsp3) is 0.0816. The first-order valence-corrected chi connectivity index (χ1v) is 17.8. The SMILES string of the molecule is CC1(C)C(C(=CN)c2cccc(-c3cccc(-c4ccc5c(c4)-c4ccccc4C54c5ccccc5-c5ccccc54)c3)c2)=Nc2ccccc21. The van der Waals surface area contributed by atoms with Crippen molar-refractivity contribution < 1.29 is 0 Å². The lowest BCUT2D eigenvalue weighted by Gasteiger charge is -2.30. The van der Waals surface area contributed by atoms with Crippen LogP contribution in [0.5, 0.6) is 0 Å². The van der Waals surface area contributed by atoms with Gasteiger partial charge in [0.1, 0.15) is 0 Å². The average molecular weight is 653 g/mol. The molecule has 7 aromatic rings. The van der Waals surface area contributed by atoms with Gasteiger partial charge in [-0.15, -0.1) is 0 Å². The molecule has 2 heteroatoms. The van der Waals surface area contributed by atoms with Crippen LogP contribution in [0.25, 0.3) is 50.1 Å². The van der Waals surface area contributed by atoms with E-state index >= 15 is 0 Å². The summed E-state index contributed by atoms with van der Waals surface area (Å²) in [5.41, 5.74) is 26.5. The van der Waals surface area contributed by atoms with Crippen LogP contribution >= 0.6 is 0 Å². The van der Waals surface area contributed by atoms with Gasteiger partial charge in [-0.3, -0.25) is 4.99 Å². The minimum atomic E-state index is -0.326. The van der Waals surface area contributed by atoms with Crippen molar-refractivity contribution in [3.8, 4) is 44.5 Å². The molecule has 0 atom stereocenters. The summed E-state index contributed by atoms with van der Waals surface area (Å²) < 4.78 is 0. The van der Waals surface area contributed by atoms with Crippen molar-refractivity contribution in [3.63, 3.8) is 0 Å². The maximum atomic E-state index is 6.36. The third-order valence-corrected chi connectivity index (χ3v) is 11.5. The van der Waals surface area contributed by atoms with Crippen LogP contribution in [-0.4, -0.2) is 5.71 Å². The van der Waals surface area contributed by atoms with E-state index in [1.54, 1.807) is 6.20 Å². The first kappa shape index (κ1) is 29.6. The Morgan fingerprint density at radius 3 is 1.57 bits per heavy atom. The van der Waals surface area contributed by atoms with Gasteiger partial charge in [0.25, 0.3) is 0 Å². The molecule has 0 unspecified atom stereocenters. The highest BCUT2D eigenvalue weighted by Crippen LogP contribution is 2.63. The molecule has 0 radical (unpaired) electrons. The number of nitrogens with zero attached hydrogens (tertiary/aromatic N) is 1. The van der Waals surface area contributed by atoms with Gasteiger partial charge in [-0.25, -0.2) is 0 Å². The molecule has 0 bridgehead atoms. The molecule has 0 aromatic heterocycles. The van der Waals surface area contributed by atoms with Crippen LogP contribution in [0.15, 0.2) is 175 Å². The third kappa shape index (κ3) is 4.08. The van der Waals surface area contributed by atoms with E-state index in [4.69, 9.17) is 10.7 Å². The maximum absolute atomic E-state index is 6.36. The molecule has 1 aliphatic heterocycles. The fourth-order valence-corrected chi connectivity index (χ4v) is 9.22. The summed E-state index contributed by atoms with van der Waals surface area (Å²) in [4.78, 5) is 5.07. The van der Waals surface area contributed by atoms with Crippen molar-refractivity contribution in [2.75, 3.05) is 0 Å². The zero-order valence-corrected chi connectivity index (χ0v) is 28.7. The highest BCUT2D eigenvalue weighted by atomic mass is 14.8. The van der Waals surface area contributed by atoms with Crippen LogP contribution in [0.3, 0.4) is 0 Å². The zero-order chi connectivity index (χ0) is 34.3. The first-order chi connectivity index (χ1) is 25.0. The lowest BCUT2D eigenvalue weighted by molar-refractivity contribution is 0.741. The Morgan fingerprint density at radius 2 is 0.961 bits per heavy atom. The molecule has 0 fully saturated rings. The Morgan fingerprint density at radius 1 is 0.471 bits per heavy atom. The monoisotopic (exact) mass is 652 g/mol. The van der Waals surface area contributed by atoms with Crippen molar-refractivity contribution in [2.24, 2.45) is 10.7 Å².